The van der Waals surface area contributed by atoms with Gasteiger partial charge in [0.2, 0.25) is 0 Å². The van der Waals surface area contributed by atoms with Crippen molar-refractivity contribution in [3.05, 3.63) is 42.0 Å². The Bertz CT molecular complexity index is 260. The zero-order valence-corrected chi connectivity index (χ0v) is 8.45. The van der Waals surface area contributed by atoms with E-state index in [2.05, 4.69) is 0 Å². The largest absolute Gasteiger partial charge is 0.299 e. The fraction of sp³-hybridized carbons (Fsp3) is 0.250. The monoisotopic (exact) mass is 176 g/mol. The highest BCUT2D eigenvalue weighted by Gasteiger charge is 1.90. The van der Waals surface area contributed by atoms with E-state index in [1.165, 1.54) is 0 Å². The summed E-state index contributed by atoms with van der Waals surface area (Å²) in [5, 5.41) is 0. The van der Waals surface area contributed by atoms with Gasteiger partial charge in [-0.1, -0.05) is 44.2 Å². The van der Waals surface area contributed by atoms with Crippen LogP contribution in [0, 0.1) is 0 Å². The maximum atomic E-state index is 10.1. The Balaban J connectivity index is 0.000000671. The minimum absolute atomic E-state index is 0.808. The van der Waals surface area contributed by atoms with Gasteiger partial charge in [-0.25, -0.2) is 0 Å². The average molecular weight is 176 g/mol. The molecule has 70 valence electrons. The van der Waals surface area contributed by atoms with Gasteiger partial charge < -0.3 is 0 Å². The minimum Gasteiger partial charge on any atom is -0.299 e. The molecule has 1 nitrogen and oxygen atoms in total. The third-order valence-corrected chi connectivity index (χ3v) is 1.55. The van der Waals surface area contributed by atoms with E-state index in [0.29, 0.717) is 0 Å². The molecular weight excluding hydrogens is 160 g/mol. The molecule has 0 radical (unpaired) electrons. The lowest BCUT2D eigenvalue weighted by Crippen LogP contribution is -1.77. The first-order valence-corrected chi connectivity index (χ1v) is 4.52. The van der Waals surface area contributed by atoms with Crippen LogP contribution in [-0.4, -0.2) is 6.29 Å². The van der Waals surface area contributed by atoms with Crippen molar-refractivity contribution >= 4 is 11.9 Å². The highest BCUT2D eigenvalue weighted by atomic mass is 16.1. The maximum Gasteiger partial charge on any atom is 0.143 e. The predicted octanol–water partition coefficient (Wildman–Crippen LogP) is 3.32. The highest BCUT2D eigenvalue weighted by molar-refractivity contribution is 5.80. The predicted molar refractivity (Wildman–Crippen MR) is 57.5 cm³/mol. The van der Waals surface area contributed by atoms with Crippen LogP contribution in [-0.2, 0) is 4.79 Å². The van der Waals surface area contributed by atoms with Crippen LogP contribution in [0.1, 0.15) is 26.3 Å². The lowest BCUT2D eigenvalue weighted by atomic mass is 10.1. The minimum atomic E-state index is 0.808. The smallest absolute Gasteiger partial charge is 0.143 e. The van der Waals surface area contributed by atoms with Gasteiger partial charge in [0.1, 0.15) is 6.29 Å². The van der Waals surface area contributed by atoms with Crippen LogP contribution in [0.4, 0.5) is 0 Å². The molecule has 0 unspecified atom stereocenters. The van der Waals surface area contributed by atoms with Crippen molar-refractivity contribution in [2.75, 3.05) is 0 Å². The molecule has 1 rings (SSSR count). The van der Waals surface area contributed by atoms with E-state index in [1.807, 2.05) is 51.1 Å². The molecule has 0 aliphatic heterocycles. The van der Waals surface area contributed by atoms with Gasteiger partial charge in [-0.05, 0) is 24.1 Å². The second-order valence-corrected chi connectivity index (χ2v) is 2.35. The van der Waals surface area contributed by atoms with E-state index in [1.54, 1.807) is 6.08 Å². The third kappa shape index (κ3) is 4.26. The molecule has 0 aromatic heterocycles. The van der Waals surface area contributed by atoms with Gasteiger partial charge in [0, 0.05) is 0 Å². The van der Waals surface area contributed by atoms with Gasteiger partial charge in [0.15, 0.2) is 0 Å². The molecule has 0 aliphatic carbocycles. The standard InChI is InChI=1S/C10H10O.C2H6/c1-9(7-8-11)10-5-3-2-4-6-10;1-2/h2-8H,1H3;1-2H3/b9-7+;. The SMILES string of the molecule is C/C(=C\C=O)c1ccccc1.CC. The summed E-state index contributed by atoms with van der Waals surface area (Å²) in [6.07, 6.45) is 2.37. The molecule has 1 heteroatoms. The van der Waals surface area contributed by atoms with Gasteiger partial charge in [-0.15, -0.1) is 0 Å². The number of benzene rings is 1. The van der Waals surface area contributed by atoms with Crippen molar-refractivity contribution in [2.45, 2.75) is 20.8 Å². The van der Waals surface area contributed by atoms with E-state index >= 15 is 0 Å². The molecule has 0 bridgehead atoms. The Morgan fingerprint density at radius 3 is 2.15 bits per heavy atom. The first kappa shape index (κ1) is 11.6. The summed E-state index contributed by atoms with van der Waals surface area (Å²) in [7, 11) is 0. The summed E-state index contributed by atoms with van der Waals surface area (Å²) in [6, 6.07) is 9.83. The summed E-state index contributed by atoms with van der Waals surface area (Å²) >= 11 is 0. The number of rotatable bonds is 2. The average Bonchev–Trinajstić information content (AvgIpc) is 2.23. The summed E-state index contributed by atoms with van der Waals surface area (Å²) < 4.78 is 0. The molecule has 1 aromatic rings. The topological polar surface area (TPSA) is 17.1 Å². The molecule has 0 fully saturated rings. The summed E-state index contributed by atoms with van der Waals surface area (Å²) in [4.78, 5) is 10.1. The number of hydrogen-bond donors (Lipinski definition) is 0. The van der Waals surface area contributed by atoms with Gasteiger partial charge >= 0.3 is 0 Å². The molecule has 0 aliphatic rings. The number of allylic oxidation sites excluding steroid dienone is 2. The van der Waals surface area contributed by atoms with Gasteiger partial charge in [0.25, 0.3) is 0 Å². The Labute approximate surface area is 80.1 Å². The Morgan fingerprint density at radius 2 is 1.69 bits per heavy atom. The van der Waals surface area contributed by atoms with Crippen molar-refractivity contribution < 1.29 is 4.79 Å². The van der Waals surface area contributed by atoms with E-state index in [0.717, 1.165) is 17.4 Å². The molecule has 0 spiro atoms. The number of carbonyl (C=O) groups excluding carboxylic acids is 1. The zero-order chi connectivity index (χ0) is 10.1. The molecular formula is C12H16O. The fourth-order valence-corrected chi connectivity index (χ4v) is 0.899. The van der Waals surface area contributed by atoms with Gasteiger partial charge in [0.05, 0.1) is 0 Å². The third-order valence-electron chi connectivity index (χ3n) is 1.55. The van der Waals surface area contributed by atoms with E-state index in [-0.39, 0.29) is 0 Å². The lowest BCUT2D eigenvalue weighted by Gasteiger charge is -1.96. The van der Waals surface area contributed by atoms with Crippen molar-refractivity contribution in [3.63, 3.8) is 0 Å². The molecule has 0 heterocycles. The van der Waals surface area contributed by atoms with Crippen molar-refractivity contribution in [1.82, 2.24) is 0 Å². The van der Waals surface area contributed by atoms with Gasteiger partial charge in [-0.2, -0.15) is 0 Å². The van der Waals surface area contributed by atoms with E-state index in [4.69, 9.17) is 0 Å². The lowest BCUT2D eigenvalue weighted by molar-refractivity contribution is -0.104. The number of aldehydes is 1. The second kappa shape index (κ2) is 7.29. The van der Waals surface area contributed by atoms with Crippen LogP contribution < -0.4 is 0 Å². The molecule has 0 amide bonds. The van der Waals surface area contributed by atoms with Gasteiger partial charge in [-0.3, -0.25) is 4.79 Å². The van der Waals surface area contributed by atoms with Crippen molar-refractivity contribution in [2.24, 2.45) is 0 Å². The van der Waals surface area contributed by atoms with Crippen LogP contribution in [0.2, 0.25) is 0 Å². The Hall–Kier alpha value is -1.37. The number of hydrogen-bond acceptors (Lipinski definition) is 1. The summed E-state index contributed by atoms with van der Waals surface area (Å²) in [5.41, 5.74) is 2.10. The van der Waals surface area contributed by atoms with Crippen LogP contribution in [0.3, 0.4) is 0 Å². The first-order chi connectivity index (χ1) is 6.34. The number of carbonyl (C=O) groups is 1. The van der Waals surface area contributed by atoms with Crippen LogP contribution in [0.15, 0.2) is 36.4 Å². The van der Waals surface area contributed by atoms with Crippen LogP contribution >= 0.6 is 0 Å². The second-order valence-electron chi connectivity index (χ2n) is 2.35. The zero-order valence-electron chi connectivity index (χ0n) is 8.45. The normalized spacial score (nSPS) is 9.92. The Kier molecular flexibility index (Phi) is 6.52. The highest BCUT2D eigenvalue weighted by Crippen LogP contribution is 2.10. The summed E-state index contributed by atoms with van der Waals surface area (Å²) in [6.45, 7) is 5.92. The van der Waals surface area contributed by atoms with Crippen LogP contribution in [0.25, 0.3) is 5.57 Å². The molecule has 13 heavy (non-hydrogen) atoms. The quantitative estimate of drug-likeness (QED) is 0.499. The first-order valence-electron chi connectivity index (χ1n) is 4.52. The van der Waals surface area contributed by atoms with Crippen molar-refractivity contribution in [3.8, 4) is 0 Å². The van der Waals surface area contributed by atoms with E-state index < -0.39 is 0 Å². The Morgan fingerprint density at radius 1 is 1.15 bits per heavy atom. The fourth-order valence-electron chi connectivity index (χ4n) is 0.899. The molecule has 0 saturated carbocycles. The molecule has 0 saturated heterocycles. The molecule has 0 atom stereocenters. The molecule has 0 N–H and O–H groups in total. The maximum absolute atomic E-state index is 10.1. The molecule has 1 aromatic carbocycles. The van der Waals surface area contributed by atoms with E-state index in [9.17, 15) is 4.79 Å². The van der Waals surface area contributed by atoms with Crippen LogP contribution in [0.5, 0.6) is 0 Å². The summed E-state index contributed by atoms with van der Waals surface area (Å²) in [5.74, 6) is 0. The van der Waals surface area contributed by atoms with Crippen molar-refractivity contribution in [1.29, 1.82) is 0 Å².